The first-order valence-corrected chi connectivity index (χ1v) is 11.2. The van der Waals surface area contributed by atoms with Crippen molar-refractivity contribution in [2.24, 2.45) is 10.9 Å². The number of guanidine groups is 1. The quantitative estimate of drug-likeness (QED) is 0.269. The summed E-state index contributed by atoms with van der Waals surface area (Å²) in [6, 6.07) is 20.1. The molecule has 1 heterocycles. The zero-order valence-corrected chi connectivity index (χ0v) is 21.3. The molecule has 6 nitrogen and oxygen atoms in total. The number of hydrogen-bond acceptors (Lipinski definition) is 3. The van der Waals surface area contributed by atoms with Crippen molar-refractivity contribution in [1.82, 2.24) is 15.5 Å². The van der Waals surface area contributed by atoms with Crippen LogP contribution < -0.4 is 15.4 Å². The molecule has 0 spiro atoms. The molecule has 0 saturated carbocycles. The molecule has 0 radical (unpaired) electrons. The predicted octanol–water partition coefficient (Wildman–Crippen LogP) is 3.72. The lowest BCUT2D eigenvalue weighted by Crippen LogP contribution is -2.41. The number of carbonyl (C=O) groups is 1. The molecule has 0 bridgehead atoms. The van der Waals surface area contributed by atoms with Crippen LogP contribution in [0, 0.1) is 5.92 Å². The maximum absolute atomic E-state index is 12.4. The van der Waals surface area contributed by atoms with Crippen LogP contribution in [0.25, 0.3) is 0 Å². The molecule has 7 heteroatoms. The fourth-order valence-corrected chi connectivity index (χ4v) is 3.69. The van der Waals surface area contributed by atoms with Crippen molar-refractivity contribution in [1.29, 1.82) is 0 Å². The fraction of sp³-hybridized carbons (Fsp3) is 0.440. The van der Waals surface area contributed by atoms with Crippen LogP contribution in [0.1, 0.15) is 25.8 Å². The second kappa shape index (κ2) is 14.0. The smallest absolute Gasteiger partial charge is 0.223 e. The Bertz CT molecular complexity index is 832. The van der Waals surface area contributed by atoms with Gasteiger partial charge in [-0.25, -0.2) is 4.99 Å². The first-order valence-electron chi connectivity index (χ1n) is 11.2. The summed E-state index contributed by atoms with van der Waals surface area (Å²) in [6.07, 6.45) is 1.46. The van der Waals surface area contributed by atoms with Crippen LogP contribution >= 0.6 is 24.0 Å². The van der Waals surface area contributed by atoms with Gasteiger partial charge in [0.2, 0.25) is 5.91 Å². The molecular weight excluding hydrogens is 515 g/mol. The molecule has 0 aliphatic carbocycles. The largest absolute Gasteiger partial charge is 0.489 e. The van der Waals surface area contributed by atoms with Crippen LogP contribution in [0.5, 0.6) is 5.75 Å². The first-order chi connectivity index (χ1) is 15.1. The van der Waals surface area contributed by atoms with Crippen molar-refractivity contribution < 1.29 is 9.53 Å². The van der Waals surface area contributed by atoms with E-state index in [1.807, 2.05) is 67.3 Å². The number of hydrogen-bond donors (Lipinski definition) is 2. The fourth-order valence-electron chi connectivity index (χ4n) is 3.69. The van der Waals surface area contributed by atoms with Crippen molar-refractivity contribution in [2.45, 2.75) is 32.8 Å². The number of nitrogens with zero attached hydrogens (tertiary/aromatic N) is 2. The number of rotatable bonds is 10. The van der Waals surface area contributed by atoms with E-state index in [0.717, 1.165) is 44.3 Å². The van der Waals surface area contributed by atoms with Crippen molar-refractivity contribution >= 4 is 35.8 Å². The van der Waals surface area contributed by atoms with Crippen LogP contribution in [-0.2, 0) is 11.2 Å². The lowest BCUT2D eigenvalue weighted by molar-refractivity contribution is -0.127. The summed E-state index contributed by atoms with van der Waals surface area (Å²) in [5.74, 6) is 2.16. The summed E-state index contributed by atoms with van der Waals surface area (Å²) in [6.45, 7) is 7.70. The van der Waals surface area contributed by atoms with E-state index in [1.54, 1.807) is 0 Å². The molecule has 2 atom stereocenters. The number of benzene rings is 2. The summed E-state index contributed by atoms with van der Waals surface area (Å²) in [5, 5.41) is 6.68. The van der Waals surface area contributed by atoms with E-state index in [4.69, 9.17) is 4.74 Å². The van der Waals surface area contributed by atoms with Gasteiger partial charge < -0.3 is 20.3 Å². The third kappa shape index (κ3) is 8.68. The summed E-state index contributed by atoms with van der Waals surface area (Å²) in [7, 11) is 0. The number of para-hydroxylation sites is 1. The number of nitrogens with one attached hydrogen (secondary N) is 2. The molecule has 0 aromatic heterocycles. The highest BCUT2D eigenvalue weighted by molar-refractivity contribution is 14.0. The lowest BCUT2D eigenvalue weighted by atomic mass is 10.1. The highest BCUT2D eigenvalue weighted by atomic mass is 127. The summed E-state index contributed by atoms with van der Waals surface area (Å²) in [4.78, 5) is 19.0. The Morgan fingerprint density at radius 2 is 1.81 bits per heavy atom. The summed E-state index contributed by atoms with van der Waals surface area (Å²) in [5.41, 5.74) is 1.27. The van der Waals surface area contributed by atoms with Gasteiger partial charge in [0.05, 0.1) is 6.54 Å². The molecule has 174 valence electrons. The molecule has 2 aromatic carbocycles. The Hall–Kier alpha value is -2.29. The molecule has 1 saturated heterocycles. The summed E-state index contributed by atoms with van der Waals surface area (Å²) < 4.78 is 5.90. The van der Waals surface area contributed by atoms with Crippen molar-refractivity contribution in [3.05, 3.63) is 66.2 Å². The second-order valence-corrected chi connectivity index (χ2v) is 7.99. The Kier molecular flexibility index (Phi) is 11.3. The minimum Gasteiger partial charge on any atom is -0.489 e. The topological polar surface area (TPSA) is 66.0 Å². The SMILES string of the molecule is CCNC(=NCC(C)Oc1ccccc1)NCC1CC(=O)N(CCc2ccccc2)C1.I. The Balaban J connectivity index is 0.00000363. The van der Waals surface area contributed by atoms with Gasteiger partial charge in [-0.1, -0.05) is 48.5 Å². The number of ether oxygens (including phenoxy) is 1. The van der Waals surface area contributed by atoms with Crippen LogP contribution in [0.15, 0.2) is 65.7 Å². The van der Waals surface area contributed by atoms with E-state index in [0.29, 0.717) is 18.9 Å². The van der Waals surface area contributed by atoms with Crippen LogP contribution in [0.3, 0.4) is 0 Å². The third-order valence-electron chi connectivity index (χ3n) is 5.30. The van der Waals surface area contributed by atoms with Crippen molar-refractivity contribution in [2.75, 3.05) is 32.7 Å². The molecule has 1 amide bonds. The van der Waals surface area contributed by atoms with Gasteiger partial charge in [0.25, 0.3) is 0 Å². The van der Waals surface area contributed by atoms with Crippen LogP contribution in [0.2, 0.25) is 0 Å². The molecule has 1 aliphatic heterocycles. The normalized spacial score (nSPS) is 16.9. The first kappa shape index (κ1) is 26.0. The predicted molar refractivity (Wildman–Crippen MR) is 141 cm³/mol. The monoisotopic (exact) mass is 550 g/mol. The molecule has 3 rings (SSSR count). The van der Waals surface area contributed by atoms with Gasteiger partial charge in [0.1, 0.15) is 11.9 Å². The average molecular weight is 550 g/mol. The molecule has 32 heavy (non-hydrogen) atoms. The number of amides is 1. The molecule has 2 unspecified atom stereocenters. The van der Waals surface area contributed by atoms with E-state index in [1.165, 1.54) is 5.56 Å². The van der Waals surface area contributed by atoms with Gasteiger partial charge in [-0.2, -0.15) is 0 Å². The van der Waals surface area contributed by atoms with Gasteiger partial charge in [0, 0.05) is 38.5 Å². The zero-order chi connectivity index (χ0) is 21.9. The Morgan fingerprint density at radius 1 is 1.12 bits per heavy atom. The minimum atomic E-state index is -0.0283. The summed E-state index contributed by atoms with van der Waals surface area (Å²) >= 11 is 0. The Morgan fingerprint density at radius 3 is 2.50 bits per heavy atom. The van der Waals surface area contributed by atoms with E-state index in [2.05, 4.69) is 27.8 Å². The number of halogens is 1. The van der Waals surface area contributed by atoms with E-state index in [9.17, 15) is 4.79 Å². The van der Waals surface area contributed by atoms with Crippen LogP contribution in [-0.4, -0.2) is 55.6 Å². The van der Waals surface area contributed by atoms with Crippen molar-refractivity contribution in [3.63, 3.8) is 0 Å². The molecule has 1 aliphatic rings. The average Bonchev–Trinajstić information content (AvgIpc) is 3.15. The highest BCUT2D eigenvalue weighted by Gasteiger charge is 2.29. The Labute approximate surface area is 208 Å². The molecule has 1 fully saturated rings. The lowest BCUT2D eigenvalue weighted by Gasteiger charge is -2.18. The van der Waals surface area contributed by atoms with E-state index >= 15 is 0 Å². The van der Waals surface area contributed by atoms with E-state index in [-0.39, 0.29) is 36.0 Å². The third-order valence-corrected chi connectivity index (χ3v) is 5.30. The number of aliphatic imine (C=N–C) groups is 1. The molecular formula is C25H35IN4O2. The maximum Gasteiger partial charge on any atom is 0.223 e. The van der Waals surface area contributed by atoms with Crippen molar-refractivity contribution in [3.8, 4) is 5.75 Å². The molecule has 2 aromatic rings. The standard InChI is InChI=1S/C25H34N4O2.HI/c1-3-26-25(27-17-20(2)31-23-12-8-5-9-13-23)28-18-22-16-24(30)29(19-22)15-14-21-10-6-4-7-11-21;/h4-13,20,22H,3,14-19H2,1-2H3,(H2,26,27,28);1H. The second-order valence-electron chi connectivity index (χ2n) is 7.99. The zero-order valence-electron chi connectivity index (χ0n) is 19.0. The highest BCUT2D eigenvalue weighted by Crippen LogP contribution is 2.17. The number of likely N-dealkylation sites (tertiary alicyclic amines) is 1. The van der Waals surface area contributed by atoms with Gasteiger partial charge in [-0.3, -0.25) is 4.79 Å². The van der Waals surface area contributed by atoms with Gasteiger partial charge in [-0.15, -0.1) is 24.0 Å². The maximum atomic E-state index is 12.4. The number of carbonyl (C=O) groups excluding carboxylic acids is 1. The molecule has 2 N–H and O–H groups in total. The minimum absolute atomic E-state index is 0. The van der Waals surface area contributed by atoms with Gasteiger partial charge in [0.15, 0.2) is 5.96 Å². The van der Waals surface area contributed by atoms with Crippen LogP contribution in [0.4, 0.5) is 0 Å². The van der Waals surface area contributed by atoms with Gasteiger partial charge in [-0.05, 0) is 38.0 Å². The van der Waals surface area contributed by atoms with E-state index < -0.39 is 0 Å². The van der Waals surface area contributed by atoms with Gasteiger partial charge >= 0.3 is 0 Å².